The summed E-state index contributed by atoms with van der Waals surface area (Å²) in [4.78, 5) is 24.4. The Labute approximate surface area is 123 Å². The van der Waals surface area contributed by atoms with Crippen LogP contribution >= 0.6 is 0 Å². The van der Waals surface area contributed by atoms with Crippen LogP contribution in [0.2, 0.25) is 0 Å². The van der Waals surface area contributed by atoms with Crippen molar-refractivity contribution in [1.29, 1.82) is 0 Å². The van der Waals surface area contributed by atoms with Gasteiger partial charge < -0.3 is 9.47 Å². The van der Waals surface area contributed by atoms with Crippen LogP contribution < -0.4 is 4.74 Å². The van der Waals surface area contributed by atoms with Gasteiger partial charge in [0.1, 0.15) is 11.4 Å². The minimum Gasteiger partial charge on any atom is -0.486 e. The number of ether oxygens (including phenoxy) is 2. The predicted molar refractivity (Wildman–Crippen MR) is 75.1 cm³/mol. The first-order valence-electron chi connectivity index (χ1n) is 7.64. The Morgan fingerprint density at radius 1 is 1.43 bits per heavy atom. The molecule has 1 aromatic carbocycles. The third-order valence-electron chi connectivity index (χ3n) is 5.20. The summed E-state index contributed by atoms with van der Waals surface area (Å²) in [5.74, 6) is 1.09. The van der Waals surface area contributed by atoms with Crippen molar-refractivity contribution in [2.45, 2.75) is 31.8 Å². The van der Waals surface area contributed by atoms with E-state index in [4.69, 9.17) is 9.47 Å². The van der Waals surface area contributed by atoms with Crippen LogP contribution in [0.5, 0.6) is 5.75 Å². The highest BCUT2D eigenvalue weighted by molar-refractivity contribution is 6.00. The van der Waals surface area contributed by atoms with Crippen LogP contribution in [0.15, 0.2) is 24.3 Å². The molecule has 0 N–H and O–H groups in total. The lowest BCUT2D eigenvalue weighted by Crippen LogP contribution is -2.43. The van der Waals surface area contributed by atoms with E-state index in [2.05, 4.69) is 0 Å². The topological polar surface area (TPSA) is 52.6 Å². The lowest BCUT2D eigenvalue weighted by atomic mass is 9.84. The van der Waals surface area contributed by atoms with E-state index in [9.17, 15) is 9.59 Å². The fourth-order valence-electron chi connectivity index (χ4n) is 4.32. The second-order valence-electron chi connectivity index (χ2n) is 6.27. The first kappa shape index (κ1) is 12.9. The number of carbonyl (C=O) groups excluding carboxylic acids is 2. The molecule has 2 saturated carbocycles. The van der Waals surface area contributed by atoms with E-state index in [0.29, 0.717) is 30.3 Å². The molecular weight excluding hydrogens is 268 g/mol. The first-order valence-corrected chi connectivity index (χ1v) is 7.64. The third-order valence-corrected chi connectivity index (χ3v) is 5.20. The van der Waals surface area contributed by atoms with Gasteiger partial charge in [-0.25, -0.2) is 0 Å². The average molecular weight is 286 g/mol. The minimum atomic E-state index is -0.479. The Kier molecular flexibility index (Phi) is 2.65. The number of hydrogen-bond donors (Lipinski definition) is 0. The summed E-state index contributed by atoms with van der Waals surface area (Å²) in [6, 6.07) is 7.40. The van der Waals surface area contributed by atoms with Crippen LogP contribution in [0.3, 0.4) is 0 Å². The van der Waals surface area contributed by atoms with Crippen molar-refractivity contribution < 1.29 is 19.1 Å². The summed E-state index contributed by atoms with van der Waals surface area (Å²) in [5, 5.41) is 0. The Morgan fingerprint density at radius 2 is 2.24 bits per heavy atom. The number of ketones is 1. The molecule has 4 atom stereocenters. The van der Waals surface area contributed by atoms with Crippen LogP contribution in [0.25, 0.3) is 0 Å². The van der Waals surface area contributed by atoms with Crippen LogP contribution in [0, 0.1) is 17.8 Å². The highest BCUT2D eigenvalue weighted by atomic mass is 16.5. The molecule has 110 valence electrons. The number of Topliss-reactive ketones (excluding diaryl/α,β-unsaturated/α-hetero) is 1. The van der Waals surface area contributed by atoms with Crippen molar-refractivity contribution in [2.24, 2.45) is 17.8 Å². The molecule has 3 aliphatic rings. The molecule has 0 saturated heterocycles. The Balaban J connectivity index is 1.63. The quantitative estimate of drug-likeness (QED) is 0.784. The number of hydrogen-bond acceptors (Lipinski definition) is 4. The highest BCUT2D eigenvalue weighted by Gasteiger charge is 2.71. The maximum atomic E-state index is 12.4. The molecule has 4 nitrogen and oxygen atoms in total. The number of benzene rings is 1. The molecule has 1 heterocycles. The molecule has 0 bridgehead atoms. The second kappa shape index (κ2) is 4.33. The lowest BCUT2D eigenvalue weighted by molar-refractivity contribution is -0.146. The maximum Gasteiger partial charge on any atom is 0.309 e. The molecule has 21 heavy (non-hydrogen) atoms. The number of carbonyl (C=O) groups is 2. The summed E-state index contributed by atoms with van der Waals surface area (Å²) in [5.41, 5.74) is 0.188. The molecule has 2 aliphatic carbocycles. The Bertz CT molecular complexity index is 623. The number of rotatable bonds is 2. The zero-order chi connectivity index (χ0) is 14.6. The van der Waals surface area contributed by atoms with Crippen molar-refractivity contribution in [3.8, 4) is 5.75 Å². The standard InChI is InChI=1S/C17H18O4/c1-2-20-16(19)14-11-7-8-17(15(11)14)9-12(18)10-5-3-4-6-13(10)21-17/h3-6,11,14-15H,2,7-9H2,1H3. The van der Waals surface area contributed by atoms with Gasteiger partial charge in [0.2, 0.25) is 0 Å². The van der Waals surface area contributed by atoms with Crippen LogP contribution in [-0.4, -0.2) is 24.0 Å². The molecule has 0 aromatic heterocycles. The molecule has 4 heteroatoms. The molecule has 1 aliphatic heterocycles. The van der Waals surface area contributed by atoms with Crippen molar-refractivity contribution in [2.75, 3.05) is 6.61 Å². The van der Waals surface area contributed by atoms with Gasteiger partial charge in [-0.1, -0.05) is 12.1 Å². The lowest BCUT2D eigenvalue weighted by Gasteiger charge is -2.36. The zero-order valence-corrected chi connectivity index (χ0v) is 12.0. The molecule has 2 fully saturated rings. The largest absolute Gasteiger partial charge is 0.486 e. The van der Waals surface area contributed by atoms with Gasteiger partial charge >= 0.3 is 5.97 Å². The van der Waals surface area contributed by atoms with Gasteiger partial charge in [-0.05, 0) is 37.8 Å². The molecule has 4 unspecified atom stereocenters. The zero-order valence-electron chi connectivity index (χ0n) is 12.0. The summed E-state index contributed by atoms with van der Waals surface area (Å²) in [6.45, 7) is 2.23. The van der Waals surface area contributed by atoms with Gasteiger partial charge in [-0.2, -0.15) is 0 Å². The molecular formula is C17H18O4. The van der Waals surface area contributed by atoms with E-state index >= 15 is 0 Å². The molecule has 1 aromatic rings. The predicted octanol–water partition coefficient (Wildman–Crippen LogP) is 2.61. The molecule has 4 rings (SSSR count). The van der Waals surface area contributed by atoms with E-state index in [1.54, 1.807) is 0 Å². The van der Waals surface area contributed by atoms with E-state index in [1.807, 2.05) is 31.2 Å². The van der Waals surface area contributed by atoms with Crippen molar-refractivity contribution in [1.82, 2.24) is 0 Å². The van der Waals surface area contributed by atoms with E-state index in [0.717, 1.165) is 12.8 Å². The summed E-state index contributed by atoms with van der Waals surface area (Å²) in [7, 11) is 0. The molecule has 0 amide bonds. The number of para-hydroxylation sites is 1. The Hall–Kier alpha value is -1.84. The van der Waals surface area contributed by atoms with Gasteiger partial charge in [-0.15, -0.1) is 0 Å². The van der Waals surface area contributed by atoms with Crippen LogP contribution in [0.1, 0.15) is 36.5 Å². The summed E-state index contributed by atoms with van der Waals surface area (Å²) < 4.78 is 11.4. The van der Waals surface area contributed by atoms with Crippen molar-refractivity contribution >= 4 is 11.8 Å². The summed E-state index contributed by atoms with van der Waals surface area (Å²) in [6.07, 6.45) is 2.20. The number of fused-ring (bicyclic) bond motifs is 3. The fraction of sp³-hybridized carbons (Fsp3) is 0.529. The van der Waals surface area contributed by atoms with E-state index in [-0.39, 0.29) is 23.6 Å². The normalized spacial score (nSPS) is 35.9. The molecule has 0 radical (unpaired) electrons. The van der Waals surface area contributed by atoms with Gasteiger partial charge in [0.25, 0.3) is 0 Å². The second-order valence-corrected chi connectivity index (χ2v) is 6.27. The van der Waals surface area contributed by atoms with Gasteiger partial charge in [0.15, 0.2) is 5.78 Å². The van der Waals surface area contributed by atoms with Crippen molar-refractivity contribution in [3.63, 3.8) is 0 Å². The monoisotopic (exact) mass is 286 g/mol. The minimum absolute atomic E-state index is 0.0724. The summed E-state index contributed by atoms with van der Waals surface area (Å²) >= 11 is 0. The smallest absolute Gasteiger partial charge is 0.309 e. The average Bonchev–Trinajstić information content (AvgIpc) is 3.12. The first-order chi connectivity index (χ1) is 10.2. The molecule has 1 spiro atoms. The van der Waals surface area contributed by atoms with Crippen LogP contribution in [-0.2, 0) is 9.53 Å². The Morgan fingerprint density at radius 3 is 3.05 bits per heavy atom. The highest BCUT2D eigenvalue weighted by Crippen LogP contribution is 2.65. The van der Waals surface area contributed by atoms with Gasteiger partial charge in [-0.3, -0.25) is 9.59 Å². The van der Waals surface area contributed by atoms with Crippen LogP contribution in [0.4, 0.5) is 0 Å². The number of esters is 1. The van der Waals surface area contributed by atoms with E-state index in [1.165, 1.54) is 0 Å². The maximum absolute atomic E-state index is 12.4. The van der Waals surface area contributed by atoms with Gasteiger partial charge in [0.05, 0.1) is 24.5 Å². The fourth-order valence-corrected chi connectivity index (χ4v) is 4.32. The van der Waals surface area contributed by atoms with Gasteiger partial charge in [0, 0.05) is 5.92 Å². The van der Waals surface area contributed by atoms with E-state index < -0.39 is 5.60 Å². The van der Waals surface area contributed by atoms with Crippen molar-refractivity contribution in [3.05, 3.63) is 29.8 Å². The third kappa shape index (κ3) is 1.74. The SMILES string of the molecule is CCOC(=O)C1C2CCC3(CC(=O)c4ccccc4O3)C21.